The van der Waals surface area contributed by atoms with Gasteiger partial charge in [0, 0.05) is 32.0 Å². The SMILES string of the molecule is Cn1c(CNC(=O)C2CCN(C(=O)C3CC3)CC2)nc2ccccc21. The first-order chi connectivity index (χ1) is 12.1. The predicted molar refractivity (Wildman–Crippen MR) is 94.6 cm³/mol. The molecule has 0 unspecified atom stereocenters. The van der Waals surface area contributed by atoms with Crippen LogP contribution in [0.1, 0.15) is 31.5 Å². The van der Waals surface area contributed by atoms with E-state index < -0.39 is 0 Å². The van der Waals surface area contributed by atoms with E-state index in [4.69, 9.17) is 0 Å². The summed E-state index contributed by atoms with van der Waals surface area (Å²) in [6.07, 6.45) is 3.59. The molecule has 2 aromatic rings. The standard InChI is InChI=1S/C19H24N4O2/c1-22-16-5-3-2-4-15(16)21-17(22)12-20-18(24)13-8-10-23(11-9-13)19(25)14-6-7-14/h2-5,13-14H,6-12H2,1H3,(H,20,24). The summed E-state index contributed by atoms with van der Waals surface area (Å²) in [6.45, 7) is 1.85. The molecule has 1 saturated carbocycles. The number of para-hydroxylation sites is 2. The van der Waals surface area contributed by atoms with Crippen molar-refractivity contribution in [2.24, 2.45) is 18.9 Å². The van der Waals surface area contributed by atoms with Crippen LogP contribution in [0.25, 0.3) is 11.0 Å². The molecule has 25 heavy (non-hydrogen) atoms. The van der Waals surface area contributed by atoms with E-state index in [1.165, 1.54) is 0 Å². The Balaban J connectivity index is 1.31. The number of piperidine rings is 1. The summed E-state index contributed by atoms with van der Waals surface area (Å²) in [5.74, 6) is 1.49. The molecular weight excluding hydrogens is 316 g/mol. The van der Waals surface area contributed by atoms with Crippen molar-refractivity contribution in [2.75, 3.05) is 13.1 Å². The number of aromatic nitrogens is 2. The highest BCUT2D eigenvalue weighted by Crippen LogP contribution is 2.32. The average molecular weight is 340 g/mol. The van der Waals surface area contributed by atoms with Gasteiger partial charge >= 0.3 is 0 Å². The van der Waals surface area contributed by atoms with Crippen molar-refractivity contribution in [1.29, 1.82) is 0 Å². The molecule has 0 radical (unpaired) electrons. The number of nitrogens with one attached hydrogen (secondary N) is 1. The normalized spacial score (nSPS) is 18.5. The summed E-state index contributed by atoms with van der Waals surface area (Å²) in [6, 6.07) is 7.96. The second kappa shape index (κ2) is 6.50. The third-order valence-electron chi connectivity index (χ3n) is 5.40. The summed E-state index contributed by atoms with van der Waals surface area (Å²) in [7, 11) is 1.97. The van der Waals surface area contributed by atoms with Crippen LogP contribution in [0.15, 0.2) is 24.3 Å². The zero-order valence-corrected chi connectivity index (χ0v) is 14.6. The smallest absolute Gasteiger partial charge is 0.225 e. The predicted octanol–water partition coefficient (Wildman–Crippen LogP) is 1.84. The van der Waals surface area contributed by atoms with Crippen molar-refractivity contribution >= 4 is 22.8 Å². The molecular formula is C19H24N4O2. The largest absolute Gasteiger partial charge is 0.349 e. The number of carbonyl (C=O) groups is 2. The molecule has 132 valence electrons. The minimum atomic E-state index is -0.00191. The number of imidazole rings is 1. The van der Waals surface area contributed by atoms with Gasteiger partial charge in [-0.05, 0) is 37.8 Å². The van der Waals surface area contributed by atoms with E-state index in [2.05, 4.69) is 10.3 Å². The lowest BCUT2D eigenvalue weighted by Gasteiger charge is -2.31. The topological polar surface area (TPSA) is 67.2 Å². The molecule has 1 aromatic carbocycles. The number of likely N-dealkylation sites (tertiary alicyclic amines) is 1. The van der Waals surface area contributed by atoms with E-state index >= 15 is 0 Å². The Morgan fingerprint density at radius 1 is 1.12 bits per heavy atom. The number of carbonyl (C=O) groups excluding carboxylic acids is 2. The maximum absolute atomic E-state index is 12.5. The van der Waals surface area contributed by atoms with Gasteiger partial charge in [-0.25, -0.2) is 4.98 Å². The Morgan fingerprint density at radius 2 is 1.84 bits per heavy atom. The van der Waals surface area contributed by atoms with Crippen LogP contribution in [-0.4, -0.2) is 39.4 Å². The van der Waals surface area contributed by atoms with Gasteiger partial charge in [0.15, 0.2) is 0 Å². The molecule has 6 heteroatoms. The summed E-state index contributed by atoms with van der Waals surface area (Å²) >= 11 is 0. The van der Waals surface area contributed by atoms with Crippen molar-refractivity contribution in [3.63, 3.8) is 0 Å². The highest BCUT2D eigenvalue weighted by Gasteiger charge is 2.35. The molecule has 2 fully saturated rings. The fourth-order valence-corrected chi connectivity index (χ4v) is 3.61. The first kappa shape index (κ1) is 16.1. The minimum Gasteiger partial charge on any atom is -0.349 e. The second-order valence-corrected chi connectivity index (χ2v) is 7.17. The van der Waals surface area contributed by atoms with Crippen molar-refractivity contribution < 1.29 is 9.59 Å². The third-order valence-corrected chi connectivity index (χ3v) is 5.40. The highest BCUT2D eigenvalue weighted by atomic mass is 16.2. The van der Waals surface area contributed by atoms with Gasteiger partial charge in [0.1, 0.15) is 5.82 Å². The molecule has 6 nitrogen and oxygen atoms in total. The zero-order valence-electron chi connectivity index (χ0n) is 14.6. The Kier molecular flexibility index (Phi) is 4.19. The first-order valence-corrected chi connectivity index (χ1v) is 9.10. The number of benzene rings is 1. The quantitative estimate of drug-likeness (QED) is 0.923. The number of nitrogens with zero attached hydrogens (tertiary/aromatic N) is 3. The van der Waals surface area contributed by atoms with Gasteiger partial charge in [-0.2, -0.15) is 0 Å². The summed E-state index contributed by atoms with van der Waals surface area (Å²) < 4.78 is 2.02. The molecule has 1 N–H and O–H groups in total. The Morgan fingerprint density at radius 3 is 2.52 bits per heavy atom. The maximum Gasteiger partial charge on any atom is 0.225 e. The van der Waals surface area contributed by atoms with E-state index in [0.29, 0.717) is 25.5 Å². The van der Waals surface area contributed by atoms with E-state index in [9.17, 15) is 9.59 Å². The molecule has 2 amide bonds. The molecule has 1 aromatic heterocycles. The number of hydrogen-bond donors (Lipinski definition) is 1. The van der Waals surface area contributed by atoms with Crippen LogP contribution in [0, 0.1) is 11.8 Å². The molecule has 1 aliphatic heterocycles. The van der Waals surface area contributed by atoms with E-state index in [0.717, 1.165) is 42.5 Å². The Hall–Kier alpha value is -2.37. The summed E-state index contributed by atoms with van der Waals surface area (Å²) in [4.78, 5) is 31.1. The van der Waals surface area contributed by atoms with Crippen LogP contribution in [0.3, 0.4) is 0 Å². The van der Waals surface area contributed by atoms with Gasteiger partial charge in [-0.3, -0.25) is 9.59 Å². The van der Waals surface area contributed by atoms with Gasteiger partial charge in [0.2, 0.25) is 11.8 Å². The van der Waals surface area contributed by atoms with Crippen molar-refractivity contribution in [3.8, 4) is 0 Å². The maximum atomic E-state index is 12.5. The van der Waals surface area contributed by atoms with Crippen molar-refractivity contribution in [2.45, 2.75) is 32.2 Å². The van der Waals surface area contributed by atoms with E-state index in [1.54, 1.807) is 0 Å². The molecule has 1 aliphatic carbocycles. The van der Waals surface area contributed by atoms with Crippen LogP contribution in [0.2, 0.25) is 0 Å². The van der Waals surface area contributed by atoms with Crippen LogP contribution < -0.4 is 5.32 Å². The lowest BCUT2D eigenvalue weighted by molar-refractivity contribution is -0.136. The molecule has 2 heterocycles. The first-order valence-electron chi connectivity index (χ1n) is 9.10. The summed E-state index contributed by atoms with van der Waals surface area (Å²) in [5.41, 5.74) is 2.01. The van der Waals surface area contributed by atoms with Crippen molar-refractivity contribution in [3.05, 3.63) is 30.1 Å². The van der Waals surface area contributed by atoms with Crippen LogP contribution in [0.4, 0.5) is 0 Å². The lowest BCUT2D eigenvalue weighted by Crippen LogP contribution is -2.43. The molecule has 4 rings (SSSR count). The van der Waals surface area contributed by atoms with Crippen LogP contribution >= 0.6 is 0 Å². The molecule has 2 aliphatic rings. The van der Waals surface area contributed by atoms with Gasteiger partial charge in [0.05, 0.1) is 17.6 Å². The fourth-order valence-electron chi connectivity index (χ4n) is 3.61. The fraction of sp³-hybridized carbons (Fsp3) is 0.526. The van der Waals surface area contributed by atoms with Crippen molar-refractivity contribution in [1.82, 2.24) is 19.8 Å². The molecule has 0 spiro atoms. The zero-order chi connectivity index (χ0) is 17.4. The molecule has 1 saturated heterocycles. The number of hydrogen-bond acceptors (Lipinski definition) is 3. The Bertz CT molecular complexity index is 801. The van der Waals surface area contributed by atoms with Crippen LogP contribution in [-0.2, 0) is 23.2 Å². The second-order valence-electron chi connectivity index (χ2n) is 7.17. The minimum absolute atomic E-state index is 0.00191. The van der Waals surface area contributed by atoms with Gasteiger partial charge < -0.3 is 14.8 Å². The Labute approximate surface area is 147 Å². The van der Waals surface area contributed by atoms with Gasteiger partial charge in [0.25, 0.3) is 0 Å². The van der Waals surface area contributed by atoms with E-state index in [1.807, 2.05) is 40.8 Å². The summed E-state index contributed by atoms with van der Waals surface area (Å²) in [5, 5.41) is 3.02. The monoisotopic (exact) mass is 340 g/mol. The molecule has 0 atom stereocenters. The highest BCUT2D eigenvalue weighted by molar-refractivity contribution is 5.82. The van der Waals surface area contributed by atoms with Gasteiger partial charge in [-0.1, -0.05) is 12.1 Å². The lowest BCUT2D eigenvalue weighted by atomic mass is 9.95. The average Bonchev–Trinajstić information content (AvgIpc) is 3.45. The molecule has 0 bridgehead atoms. The number of fused-ring (bicyclic) bond motifs is 1. The number of amides is 2. The van der Waals surface area contributed by atoms with E-state index in [-0.39, 0.29) is 17.7 Å². The van der Waals surface area contributed by atoms with Crippen LogP contribution in [0.5, 0.6) is 0 Å². The third kappa shape index (κ3) is 3.25. The van der Waals surface area contributed by atoms with Gasteiger partial charge in [-0.15, -0.1) is 0 Å². The number of aryl methyl sites for hydroxylation is 1. The number of rotatable bonds is 4.